The van der Waals surface area contributed by atoms with E-state index in [0.29, 0.717) is 23.8 Å². The van der Waals surface area contributed by atoms with Gasteiger partial charge >= 0.3 is 0 Å². The molecule has 2 aromatic rings. The van der Waals surface area contributed by atoms with Gasteiger partial charge in [0, 0.05) is 12.6 Å². The molecule has 0 aromatic heterocycles. The highest BCUT2D eigenvalue weighted by molar-refractivity contribution is 7.92. The number of rotatable bonds is 13. The highest BCUT2D eigenvalue weighted by atomic mass is 32.2. The number of hydrogen-bond donors (Lipinski definition) is 1. The van der Waals surface area contributed by atoms with Crippen LogP contribution in [0.1, 0.15) is 39.7 Å². The maximum Gasteiger partial charge on any atom is 0.244 e. The van der Waals surface area contributed by atoms with Gasteiger partial charge < -0.3 is 19.7 Å². The molecule has 2 amide bonds. The summed E-state index contributed by atoms with van der Waals surface area (Å²) in [6.07, 6.45) is 1.79. The molecule has 0 aliphatic carbocycles. The smallest absolute Gasteiger partial charge is 0.244 e. The number of amides is 2. The van der Waals surface area contributed by atoms with E-state index in [0.717, 1.165) is 22.5 Å². The second-order valence-electron chi connectivity index (χ2n) is 8.56. The summed E-state index contributed by atoms with van der Waals surface area (Å²) in [4.78, 5) is 27.9. The lowest BCUT2D eigenvalue weighted by Crippen LogP contribution is -2.52. The molecule has 10 heteroatoms. The van der Waals surface area contributed by atoms with Crippen molar-refractivity contribution >= 4 is 27.5 Å². The van der Waals surface area contributed by atoms with Gasteiger partial charge in [-0.1, -0.05) is 19.1 Å². The van der Waals surface area contributed by atoms with Crippen molar-refractivity contribution in [2.24, 2.45) is 0 Å². The SMILES string of the molecule is CCOc1ccc(N(CC(=O)N(Cc2ccc(OC)cc2)[C@H](C)C(=O)N[C@H](C)CC)S(C)(=O)=O)cc1. The molecule has 2 rings (SSSR count). The molecule has 36 heavy (non-hydrogen) atoms. The number of methoxy groups -OCH3 is 1. The van der Waals surface area contributed by atoms with E-state index in [-0.39, 0.29) is 18.5 Å². The molecule has 9 nitrogen and oxygen atoms in total. The number of nitrogens with zero attached hydrogens (tertiary/aromatic N) is 2. The highest BCUT2D eigenvalue weighted by Gasteiger charge is 2.30. The maximum atomic E-state index is 13.6. The molecule has 0 saturated carbocycles. The number of hydrogen-bond acceptors (Lipinski definition) is 6. The van der Waals surface area contributed by atoms with Gasteiger partial charge in [-0.25, -0.2) is 8.42 Å². The molecular weight excluding hydrogens is 482 g/mol. The molecule has 0 aliphatic heterocycles. The van der Waals surface area contributed by atoms with E-state index in [2.05, 4.69) is 5.32 Å². The summed E-state index contributed by atoms with van der Waals surface area (Å²) in [6.45, 7) is 7.48. The number of ether oxygens (including phenoxy) is 2. The Labute approximate surface area is 214 Å². The minimum absolute atomic E-state index is 0.0609. The Balaban J connectivity index is 2.36. The summed E-state index contributed by atoms with van der Waals surface area (Å²) in [7, 11) is -2.23. The first-order chi connectivity index (χ1) is 17.0. The minimum atomic E-state index is -3.79. The number of benzene rings is 2. The second-order valence-corrected chi connectivity index (χ2v) is 10.5. The van der Waals surface area contributed by atoms with Crippen molar-refractivity contribution < 1.29 is 27.5 Å². The average molecular weight is 520 g/mol. The standard InChI is InChI=1S/C26H37N3O6S/c1-7-19(3)27-26(31)20(4)28(17-21-9-13-23(34-5)14-10-21)25(30)18-29(36(6,32)33)22-11-15-24(16-12-22)35-8-2/h9-16,19-20H,7-8,17-18H2,1-6H3,(H,27,31)/t19-,20-/m1/s1. The molecule has 0 saturated heterocycles. The fraction of sp³-hybridized carbons (Fsp3) is 0.462. The first-order valence-corrected chi connectivity index (χ1v) is 13.8. The number of sulfonamides is 1. The molecule has 0 aliphatic rings. The Hall–Kier alpha value is -3.27. The van der Waals surface area contributed by atoms with Crippen molar-refractivity contribution in [1.82, 2.24) is 10.2 Å². The van der Waals surface area contributed by atoms with E-state index >= 15 is 0 Å². The van der Waals surface area contributed by atoms with Crippen molar-refractivity contribution in [2.75, 3.05) is 30.8 Å². The average Bonchev–Trinajstić information content (AvgIpc) is 2.85. The van der Waals surface area contributed by atoms with Crippen molar-refractivity contribution in [1.29, 1.82) is 0 Å². The van der Waals surface area contributed by atoms with Crippen molar-refractivity contribution in [3.63, 3.8) is 0 Å². The summed E-state index contributed by atoms with van der Waals surface area (Å²) in [5.41, 5.74) is 1.11. The number of anilines is 1. The maximum absolute atomic E-state index is 13.6. The van der Waals surface area contributed by atoms with E-state index < -0.39 is 28.5 Å². The van der Waals surface area contributed by atoms with E-state index in [9.17, 15) is 18.0 Å². The van der Waals surface area contributed by atoms with Crippen LogP contribution in [0.4, 0.5) is 5.69 Å². The highest BCUT2D eigenvalue weighted by Crippen LogP contribution is 2.23. The van der Waals surface area contributed by atoms with Crippen molar-refractivity contribution in [3.8, 4) is 11.5 Å². The molecule has 2 aromatic carbocycles. The van der Waals surface area contributed by atoms with E-state index in [1.54, 1.807) is 62.6 Å². The van der Waals surface area contributed by atoms with Gasteiger partial charge in [-0.3, -0.25) is 13.9 Å². The van der Waals surface area contributed by atoms with Crippen LogP contribution in [0, 0.1) is 0 Å². The Bertz CT molecular complexity index is 1100. The third-order valence-electron chi connectivity index (χ3n) is 5.80. The van der Waals surface area contributed by atoms with Gasteiger partial charge in [0.05, 0.1) is 25.7 Å². The molecular formula is C26H37N3O6S. The monoisotopic (exact) mass is 519 g/mol. The number of carbonyl (C=O) groups is 2. The zero-order chi connectivity index (χ0) is 26.9. The lowest BCUT2D eigenvalue weighted by molar-refractivity contribution is -0.139. The van der Waals surface area contributed by atoms with E-state index in [1.807, 2.05) is 20.8 Å². The van der Waals surface area contributed by atoms with Gasteiger partial charge in [0.2, 0.25) is 21.8 Å². The van der Waals surface area contributed by atoms with Crippen LogP contribution in [-0.2, 0) is 26.2 Å². The van der Waals surface area contributed by atoms with Crippen LogP contribution >= 0.6 is 0 Å². The fourth-order valence-corrected chi connectivity index (χ4v) is 4.31. The summed E-state index contributed by atoms with van der Waals surface area (Å²) in [5, 5.41) is 2.90. The van der Waals surface area contributed by atoms with Crippen LogP contribution in [0.25, 0.3) is 0 Å². The van der Waals surface area contributed by atoms with Crippen LogP contribution in [0.15, 0.2) is 48.5 Å². The normalized spacial score (nSPS) is 12.8. The van der Waals surface area contributed by atoms with Crippen LogP contribution in [-0.4, -0.2) is 63.7 Å². The summed E-state index contributed by atoms with van der Waals surface area (Å²) < 4.78 is 37.0. The predicted octanol–water partition coefficient (Wildman–Crippen LogP) is 3.19. The third kappa shape index (κ3) is 8.15. The van der Waals surface area contributed by atoms with Crippen molar-refractivity contribution in [3.05, 3.63) is 54.1 Å². The van der Waals surface area contributed by atoms with Gasteiger partial charge in [0.25, 0.3) is 0 Å². The zero-order valence-corrected chi connectivity index (χ0v) is 22.7. The molecule has 1 N–H and O–H groups in total. The molecule has 198 valence electrons. The molecule has 0 heterocycles. The number of nitrogens with one attached hydrogen (secondary N) is 1. The summed E-state index contributed by atoms with van der Waals surface area (Å²) in [5.74, 6) is 0.450. The summed E-state index contributed by atoms with van der Waals surface area (Å²) in [6, 6.07) is 12.7. The molecule has 0 radical (unpaired) electrons. The van der Waals surface area contributed by atoms with Crippen molar-refractivity contribution in [2.45, 2.75) is 52.7 Å². The quantitative estimate of drug-likeness (QED) is 0.436. The topological polar surface area (TPSA) is 105 Å². The van der Waals surface area contributed by atoms with Crippen LogP contribution in [0.2, 0.25) is 0 Å². The summed E-state index contributed by atoms with van der Waals surface area (Å²) >= 11 is 0. The minimum Gasteiger partial charge on any atom is -0.497 e. The van der Waals surface area contributed by atoms with Crippen LogP contribution < -0.4 is 19.1 Å². The molecule has 2 atom stereocenters. The van der Waals surface area contributed by atoms with Gasteiger partial charge in [-0.15, -0.1) is 0 Å². The van der Waals surface area contributed by atoms with Gasteiger partial charge in [-0.2, -0.15) is 0 Å². The first kappa shape index (κ1) is 29.0. The van der Waals surface area contributed by atoms with Gasteiger partial charge in [0.15, 0.2) is 0 Å². The van der Waals surface area contributed by atoms with Crippen LogP contribution in [0.3, 0.4) is 0 Å². The number of carbonyl (C=O) groups excluding carboxylic acids is 2. The molecule has 0 spiro atoms. The molecule has 0 bridgehead atoms. The molecule has 0 unspecified atom stereocenters. The second kappa shape index (κ2) is 13.2. The van der Waals surface area contributed by atoms with E-state index in [4.69, 9.17) is 9.47 Å². The lowest BCUT2D eigenvalue weighted by atomic mass is 10.1. The Morgan fingerprint density at radius 1 is 0.972 bits per heavy atom. The zero-order valence-electron chi connectivity index (χ0n) is 21.9. The van der Waals surface area contributed by atoms with Gasteiger partial charge in [0.1, 0.15) is 24.1 Å². The third-order valence-corrected chi connectivity index (χ3v) is 6.94. The largest absolute Gasteiger partial charge is 0.497 e. The lowest BCUT2D eigenvalue weighted by Gasteiger charge is -2.32. The Morgan fingerprint density at radius 3 is 2.06 bits per heavy atom. The van der Waals surface area contributed by atoms with E-state index in [1.165, 1.54) is 4.90 Å². The van der Waals surface area contributed by atoms with Crippen LogP contribution in [0.5, 0.6) is 11.5 Å². The molecule has 0 fully saturated rings. The first-order valence-electron chi connectivity index (χ1n) is 11.9. The predicted molar refractivity (Wildman–Crippen MR) is 141 cm³/mol. The van der Waals surface area contributed by atoms with Gasteiger partial charge in [-0.05, 0) is 69.2 Å². The fourth-order valence-electron chi connectivity index (χ4n) is 3.46. The Kier molecular flexibility index (Phi) is 10.6. The Morgan fingerprint density at radius 2 is 1.56 bits per heavy atom.